The first-order valence-electron chi connectivity index (χ1n) is 9.14. The second-order valence-electron chi connectivity index (χ2n) is 6.55. The molecule has 0 bridgehead atoms. The Bertz CT molecular complexity index is 626. The van der Waals surface area contributed by atoms with Crippen molar-refractivity contribution in [1.29, 1.82) is 0 Å². The average molecular weight is 359 g/mol. The van der Waals surface area contributed by atoms with Crippen LogP contribution in [0.3, 0.4) is 0 Å². The number of rotatable bonds is 8. The Morgan fingerprint density at radius 2 is 2.04 bits per heavy atom. The summed E-state index contributed by atoms with van der Waals surface area (Å²) in [5.41, 5.74) is 7.05. The molecule has 2 amide bonds. The van der Waals surface area contributed by atoms with Crippen LogP contribution in [0.25, 0.3) is 0 Å². The normalized spacial score (nSPS) is 15.5. The summed E-state index contributed by atoms with van der Waals surface area (Å²) in [6, 6.07) is 5.50. The summed E-state index contributed by atoms with van der Waals surface area (Å²) >= 11 is 0. The summed E-state index contributed by atoms with van der Waals surface area (Å²) in [4.78, 5) is 32.1. The zero-order chi connectivity index (χ0) is 18.9. The second-order valence-corrected chi connectivity index (χ2v) is 6.55. The fourth-order valence-electron chi connectivity index (χ4n) is 2.99. The number of hydrogen-bond donors (Lipinski definition) is 2. The molecular weight excluding hydrogens is 330 g/mol. The van der Waals surface area contributed by atoms with E-state index in [1.165, 1.54) is 6.08 Å². The SMILES string of the molecule is C=CC(=O)NCCCCC(N)C(=O)N1CCN(c2cccc(C)n2)CC1. The number of carbonyl (C=O) groups is 2. The molecule has 1 aliphatic rings. The Morgan fingerprint density at radius 3 is 2.69 bits per heavy atom. The Kier molecular flexibility index (Phi) is 7.59. The summed E-state index contributed by atoms with van der Waals surface area (Å²) < 4.78 is 0. The van der Waals surface area contributed by atoms with E-state index in [1.807, 2.05) is 30.0 Å². The lowest BCUT2D eigenvalue weighted by Gasteiger charge is -2.36. The van der Waals surface area contributed by atoms with Crippen molar-refractivity contribution in [2.75, 3.05) is 37.6 Å². The Morgan fingerprint density at radius 1 is 1.31 bits per heavy atom. The van der Waals surface area contributed by atoms with Crippen molar-refractivity contribution in [3.05, 3.63) is 36.5 Å². The van der Waals surface area contributed by atoms with Crippen LogP contribution >= 0.6 is 0 Å². The summed E-state index contributed by atoms with van der Waals surface area (Å²) in [6.45, 7) is 8.82. The number of nitrogens with one attached hydrogen (secondary N) is 1. The molecule has 0 aliphatic carbocycles. The van der Waals surface area contributed by atoms with Gasteiger partial charge in [-0.25, -0.2) is 4.98 Å². The standard InChI is InChI=1S/C19H29N5O2/c1-3-18(25)21-10-5-4-8-16(20)19(26)24-13-11-23(12-14-24)17-9-6-7-15(2)22-17/h3,6-7,9,16H,1,4-5,8,10-14,20H2,2H3,(H,21,25). The van der Waals surface area contributed by atoms with Crippen LogP contribution in [0.15, 0.2) is 30.9 Å². The van der Waals surface area contributed by atoms with E-state index >= 15 is 0 Å². The molecule has 26 heavy (non-hydrogen) atoms. The third-order valence-electron chi connectivity index (χ3n) is 4.53. The fourth-order valence-corrected chi connectivity index (χ4v) is 2.99. The first kappa shape index (κ1) is 19.9. The van der Waals surface area contributed by atoms with Crippen LogP contribution in [-0.4, -0.2) is 60.5 Å². The van der Waals surface area contributed by atoms with Gasteiger partial charge in [-0.2, -0.15) is 0 Å². The van der Waals surface area contributed by atoms with Gasteiger partial charge in [0, 0.05) is 38.4 Å². The monoisotopic (exact) mass is 359 g/mol. The quantitative estimate of drug-likeness (QED) is 0.530. The number of nitrogens with zero attached hydrogens (tertiary/aromatic N) is 3. The van der Waals surface area contributed by atoms with Gasteiger partial charge in [0.05, 0.1) is 6.04 Å². The van der Waals surface area contributed by atoms with Gasteiger partial charge >= 0.3 is 0 Å². The van der Waals surface area contributed by atoms with Crippen molar-refractivity contribution >= 4 is 17.6 Å². The highest BCUT2D eigenvalue weighted by molar-refractivity contribution is 5.86. The number of amides is 2. The number of aromatic nitrogens is 1. The van der Waals surface area contributed by atoms with Crippen LogP contribution in [0.2, 0.25) is 0 Å². The van der Waals surface area contributed by atoms with E-state index in [2.05, 4.69) is 21.8 Å². The lowest BCUT2D eigenvalue weighted by atomic mass is 10.1. The topological polar surface area (TPSA) is 91.6 Å². The molecule has 0 spiro atoms. The van der Waals surface area contributed by atoms with Gasteiger partial charge in [0.15, 0.2) is 0 Å². The Hall–Kier alpha value is -2.41. The number of anilines is 1. The fraction of sp³-hybridized carbons (Fsp3) is 0.526. The minimum absolute atomic E-state index is 0.0111. The second kappa shape index (κ2) is 9.91. The molecular formula is C19H29N5O2. The van der Waals surface area contributed by atoms with Crippen molar-refractivity contribution in [2.45, 2.75) is 32.2 Å². The number of piperazine rings is 1. The lowest BCUT2D eigenvalue weighted by Crippen LogP contribution is -2.53. The largest absolute Gasteiger partial charge is 0.353 e. The maximum Gasteiger partial charge on any atom is 0.243 e. The molecule has 1 saturated heterocycles. The van der Waals surface area contributed by atoms with Gasteiger partial charge in [0.2, 0.25) is 11.8 Å². The summed E-state index contributed by atoms with van der Waals surface area (Å²) in [7, 11) is 0. The van der Waals surface area contributed by atoms with Crippen molar-refractivity contribution < 1.29 is 9.59 Å². The van der Waals surface area contributed by atoms with Crippen molar-refractivity contribution in [3.8, 4) is 0 Å². The van der Waals surface area contributed by atoms with Gasteiger partial charge < -0.3 is 20.9 Å². The molecule has 2 heterocycles. The van der Waals surface area contributed by atoms with Crippen LogP contribution < -0.4 is 16.0 Å². The highest BCUT2D eigenvalue weighted by atomic mass is 16.2. The molecule has 7 heteroatoms. The number of hydrogen-bond acceptors (Lipinski definition) is 5. The minimum Gasteiger partial charge on any atom is -0.353 e. The van der Waals surface area contributed by atoms with Crippen molar-refractivity contribution in [2.24, 2.45) is 5.73 Å². The summed E-state index contributed by atoms with van der Waals surface area (Å²) in [5.74, 6) is 0.797. The van der Waals surface area contributed by atoms with E-state index in [-0.39, 0.29) is 11.8 Å². The predicted molar refractivity (Wildman–Crippen MR) is 103 cm³/mol. The van der Waals surface area contributed by atoms with Gasteiger partial charge in [-0.3, -0.25) is 9.59 Å². The Balaban J connectivity index is 1.70. The van der Waals surface area contributed by atoms with Crippen molar-refractivity contribution in [1.82, 2.24) is 15.2 Å². The lowest BCUT2D eigenvalue weighted by molar-refractivity contribution is -0.133. The zero-order valence-electron chi connectivity index (χ0n) is 15.5. The summed E-state index contributed by atoms with van der Waals surface area (Å²) in [6.07, 6.45) is 3.48. The van der Waals surface area contributed by atoms with Crippen LogP contribution in [0.4, 0.5) is 5.82 Å². The molecule has 2 rings (SSSR count). The summed E-state index contributed by atoms with van der Waals surface area (Å²) in [5, 5.41) is 2.72. The van der Waals surface area contributed by atoms with Crippen LogP contribution in [-0.2, 0) is 9.59 Å². The number of nitrogens with two attached hydrogens (primary N) is 1. The van der Waals surface area contributed by atoms with E-state index < -0.39 is 6.04 Å². The molecule has 1 fully saturated rings. The average Bonchev–Trinajstić information content (AvgIpc) is 2.66. The van der Waals surface area contributed by atoms with Crippen molar-refractivity contribution in [3.63, 3.8) is 0 Å². The molecule has 0 saturated carbocycles. The molecule has 0 aromatic carbocycles. The van der Waals surface area contributed by atoms with Gasteiger partial charge in [-0.15, -0.1) is 0 Å². The smallest absolute Gasteiger partial charge is 0.243 e. The van der Waals surface area contributed by atoms with E-state index in [0.717, 1.165) is 37.4 Å². The van der Waals surface area contributed by atoms with Gasteiger partial charge in [0.1, 0.15) is 5.82 Å². The van der Waals surface area contributed by atoms with E-state index in [9.17, 15) is 9.59 Å². The molecule has 1 unspecified atom stereocenters. The molecule has 1 aromatic heterocycles. The zero-order valence-corrected chi connectivity index (χ0v) is 15.5. The van der Waals surface area contributed by atoms with Crippen LogP contribution in [0.1, 0.15) is 25.0 Å². The number of carbonyl (C=O) groups excluding carboxylic acids is 2. The highest BCUT2D eigenvalue weighted by Crippen LogP contribution is 2.15. The maximum absolute atomic E-state index is 12.5. The van der Waals surface area contributed by atoms with Gasteiger partial charge in [0.25, 0.3) is 0 Å². The highest BCUT2D eigenvalue weighted by Gasteiger charge is 2.25. The third-order valence-corrected chi connectivity index (χ3v) is 4.53. The van der Waals surface area contributed by atoms with Crippen LogP contribution in [0, 0.1) is 6.92 Å². The van der Waals surface area contributed by atoms with Gasteiger partial charge in [-0.1, -0.05) is 12.6 Å². The van der Waals surface area contributed by atoms with Gasteiger partial charge in [-0.05, 0) is 44.4 Å². The molecule has 1 aliphatic heterocycles. The molecule has 7 nitrogen and oxygen atoms in total. The number of unbranched alkanes of at least 4 members (excludes halogenated alkanes) is 1. The predicted octanol–water partition coefficient (Wildman–Crippen LogP) is 0.838. The molecule has 142 valence electrons. The third kappa shape index (κ3) is 5.84. The first-order chi connectivity index (χ1) is 12.5. The van der Waals surface area contributed by atoms with Crippen LogP contribution in [0.5, 0.6) is 0 Å². The number of aryl methyl sites for hydroxylation is 1. The molecule has 1 aromatic rings. The van der Waals surface area contributed by atoms with E-state index in [4.69, 9.17) is 5.73 Å². The Labute approximate surface area is 155 Å². The maximum atomic E-state index is 12.5. The first-order valence-corrected chi connectivity index (χ1v) is 9.14. The molecule has 1 atom stereocenters. The van der Waals surface area contributed by atoms with E-state index in [0.29, 0.717) is 26.1 Å². The number of pyridine rings is 1. The molecule has 0 radical (unpaired) electrons. The minimum atomic E-state index is -0.478. The molecule has 3 N–H and O–H groups in total. The van der Waals surface area contributed by atoms with E-state index in [1.54, 1.807) is 0 Å².